The number of rotatable bonds is 9. The van der Waals surface area contributed by atoms with E-state index in [0.29, 0.717) is 7.25 Å². The van der Waals surface area contributed by atoms with Crippen LogP contribution in [0, 0.1) is 0 Å². The average Bonchev–Trinajstić information content (AvgIpc) is 3.75. The summed E-state index contributed by atoms with van der Waals surface area (Å²) in [5, 5.41) is 0. The fourth-order valence-corrected chi connectivity index (χ4v) is 32.0. The van der Waals surface area contributed by atoms with Gasteiger partial charge in [0.2, 0.25) is 0 Å². The monoisotopic (exact) mass is 739 g/mol. The SMILES string of the molecule is CCC1=Cc2c(-c3ccccc3)ccc(-c3ccccc3)c2[CH]1[Zr]([CH]1C(CC)=Cc2c(-c3ccccc3)ccc(-c3ccccc3)c21)[SiH](C)C. The first-order chi connectivity index (χ1) is 24.6. The van der Waals surface area contributed by atoms with Crippen molar-refractivity contribution in [2.75, 3.05) is 0 Å². The first-order valence-corrected chi connectivity index (χ1v) is 28.4. The number of fused-ring (bicyclic) bond motifs is 2. The van der Waals surface area contributed by atoms with E-state index in [-0.39, 0.29) is 0 Å². The van der Waals surface area contributed by atoms with Crippen LogP contribution in [-0.2, 0) is 20.9 Å². The standard InChI is InChI=1S/2C23H19.C2H7Si.Zr/c2*1-2-17-15-22-20(18-9-5-3-6-10-18)13-14-21(23(22)16-17)19-11-7-4-8-12-19;1-3-2;/h2*3-16H,2H2,1H3;3H,1-2H3;. The minimum absolute atomic E-state index is 0.554. The van der Waals surface area contributed by atoms with Crippen molar-refractivity contribution in [1.82, 2.24) is 0 Å². The summed E-state index contributed by atoms with van der Waals surface area (Å²) in [4.78, 5) is 0. The van der Waals surface area contributed by atoms with Crippen LogP contribution in [0.1, 0.15) is 56.2 Å². The Balaban J connectivity index is 1.40. The van der Waals surface area contributed by atoms with Crippen molar-refractivity contribution in [3.8, 4) is 44.5 Å². The molecule has 0 saturated carbocycles. The summed E-state index contributed by atoms with van der Waals surface area (Å²) in [5.41, 5.74) is 20.6. The van der Waals surface area contributed by atoms with Gasteiger partial charge in [0, 0.05) is 0 Å². The van der Waals surface area contributed by atoms with Crippen LogP contribution >= 0.6 is 0 Å². The van der Waals surface area contributed by atoms with Gasteiger partial charge >= 0.3 is 310 Å². The normalized spacial score (nSPS) is 16.2. The van der Waals surface area contributed by atoms with E-state index in [4.69, 9.17) is 0 Å². The Hall–Kier alpha value is -4.10. The molecule has 8 rings (SSSR count). The topological polar surface area (TPSA) is 0 Å². The fourth-order valence-electron chi connectivity index (χ4n) is 8.80. The molecule has 0 aliphatic heterocycles. The molecule has 0 heterocycles. The van der Waals surface area contributed by atoms with Crippen molar-refractivity contribution >= 4 is 18.1 Å². The van der Waals surface area contributed by atoms with E-state index in [1.807, 2.05) is 0 Å². The zero-order chi connectivity index (χ0) is 34.2. The van der Waals surface area contributed by atoms with Gasteiger partial charge in [-0.3, -0.25) is 0 Å². The Bertz CT molecular complexity index is 2040. The summed E-state index contributed by atoms with van der Waals surface area (Å²) in [5.74, 6) is -1.11. The van der Waals surface area contributed by atoms with E-state index in [9.17, 15) is 0 Å². The quantitative estimate of drug-likeness (QED) is 0.130. The number of allylic oxidation sites excluding steroid dienone is 2. The van der Waals surface area contributed by atoms with Crippen LogP contribution in [0.15, 0.2) is 157 Å². The van der Waals surface area contributed by atoms with Gasteiger partial charge in [0.1, 0.15) is 0 Å². The minimum atomic E-state index is -2.43. The molecular formula is C48H45SiZr. The summed E-state index contributed by atoms with van der Waals surface area (Å²) in [7, 11) is 0. The van der Waals surface area contributed by atoms with E-state index in [1.54, 1.807) is 22.3 Å². The summed E-state index contributed by atoms with van der Waals surface area (Å²) >= 11 is -2.43. The Labute approximate surface area is 307 Å². The van der Waals surface area contributed by atoms with Crippen LogP contribution in [0.5, 0.6) is 0 Å². The van der Waals surface area contributed by atoms with Gasteiger partial charge in [0.05, 0.1) is 0 Å². The van der Waals surface area contributed by atoms with Crippen molar-refractivity contribution in [2.24, 2.45) is 0 Å². The molecule has 0 nitrogen and oxygen atoms in total. The molecule has 2 aliphatic carbocycles. The molecule has 6 aromatic rings. The maximum atomic E-state index is 2.71. The Morgan fingerprint density at radius 2 is 0.720 bits per heavy atom. The zero-order valence-electron chi connectivity index (χ0n) is 29.7. The molecule has 0 amide bonds. The molecule has 0 bridgehead atoms. The van der Waals surface area contributed by atoms with Gasteiger partial charge in [-0.25, -0.2) is 0 Å². The molecule has 2 aliphatic rings. The predicted molar refractivity (Wildman–Crippen MR) is 216 cm³/mol. The van der Waals surface area contributed by atoms with Crippen molar-refractivity contribution in [3.05, 3.63) is 179 Å². The van der Waals surface area contributed by atoms with Gasteiger partial charge in [0.15, 0.2) is 0 Å². The van der Waals surface area contributed by atoms with Crippen LogP contribution < -0.4 is 0 Å². The Kier molecular flexibility index (Phi) is 9.43. The van der Waals surface area contributed by atoms with Gasteiger partial charge in [-0.1, -0.05) is 0 Å². The van der Waals surface area contributed by atoms with Crippen LogP contribution in [0.3, 0.4) is 0 Å². The third kappa shape index (κ3) is 5.81. The first kappa shape index (κ1) is 33.1. The average molecular weight is 741 g/mol. The molecule has 0 fully saturated rings. The van der Waals surface area contributed by atoms with Crippen molar-refractivity contribution < 1.29 is 20.9 Å². The molecule has 2 unspecified atom stereocenters. The third-order valence-corrected chi connectivity index (χ3v) is 32.7. The maximum absolute atomic E-state index is 2.71. The molecule has 0 aromatic heterocycles. The number of hydrogen-bond donors (Lipinski definition) is 0. The number of benzene rings is 6. The molecule has 2 heteroatoms. The van der Waals surface area contributed by atoms with Gasteiger partial charge < -0.3 is 0 Å². The van der Waals surface area contributed by atoms with E-state index in [0.717, 1.165) is 12.8 Å². The second-order valence-corrected chi connectivity index (χ2v) is 34.2. The van der Waals surface area contributed by atoms with Gasteiger partial charge in [-0.05, 0) is 0 Å². The molecule has 245 valence electrons. The van der Waals surface area contributed by atoms with E-state index in [1.165, 1.54) is 55.6 Å². The molecule has 50 heavy (non-hydrogen) atoms. The van der Waals surface area contributed by atoms with Crippen molar-refractivity contribution in [2.45, 2.75) is 47.0 Å². The molecule has 0 saturated heterocycles. The van der Waals surface area contributed by atoms with Crippen LogP contribution in [0.4, 0.5) is 0 Å². The van der Waals surface area contributed by atoms with Gasteiger partial charge in [0.25, 0.3) is 0 Å². The molecule has 0 spiro atoms. The Morgan fingerprint density at radius 1 is 0.420 bits per heavy atom. The molecule has 0 radical (unpaired) electrons. The summed E-state index contributed by atoms with van der Waals surface area (Å²) < 4.78 is 1.11. The predicted octanol–water partition coefficient (Wildman–Crippen LogP) is 13.4. The fraction of sp³-hybridized carbons (Fsp3) is 0.167. The second-order valence-electron chi connectivity index (χ2n) is 14.1. The number of hydrogen-bond acceptors (Lipinski definition) is 0. The zero-order valence-corrected chi connectivity index (χ0v) is 33.3. The van der Waals surface area contributed by atoms with Crippen LogP contribution in [-0.4, -0.2) is 5.92 Å². The van der Waals surface area contributed by atoms with Crippen LogP contribution in [0.25, 0.3) is 56.7 Å². The summed E-state index contributed by atoms with van der Waals surface area (Å²) in [6.07, 6.45) is 7.51. The second kappa shape index (κ2) is 14.3. The van der Waals surface area contributed by atoms with E-state index >= 15 is 0 Å². The summed E-state index contributed by atoms with van der Waals surface area (Å²) in [6.45, 7) is 10.2. The first-order valence-electron chi connectivity index (χ1n) is 18.4. The third-order valence-electron chi connectivity index (χ3n) is 11.0. The molecular weight excluding hydrogens is 696 g/mol. The van der Waals surface area contributed by atoms with E-state index < -0.39 is 26.8 Å². The molecule has 2 atom stereocenters. The van der Waals surface area contributed by atoms with Crippen molar-refractivity contribution in [3.63, 3.8) is 0 Å². The molecule has 0 N–H and O–H groups in total. The Morgan fingerprint density at radius 3 is 1.02 bits per heavy atom. The summed E-state index contributed by atoms with van der Waals surface area (Å²) in [6, 6.07) is 54.4. The van der Waals surface area contributed by atoms with Crippen LogP contribution in [0.2, 0.25) is 13.1 Å². The molecule has 6 aromatic carbocycles. The van der Waals surface area contributed by atoms with Gasteiger partial charge in [-0.15, -0.1) is 0 Å². The van der Waals surface area contributed by atoms with Gasteiger partial charge in [-0.2, -0.15) is 0 Å². The van der Waals surface area contributed by atoms with E-state index in [2.05, 4.69) is 185 Å². The van der Waals surface area contributed by atoms with Crippen molar-refractivity contribution in [1.29, 1.82) is 0 Å².